The second-order valence-electron chi connectivity index (χ2n) is 4.17. The van der Waals surface area contributed by atoms with E-state index in [4.69, 9.17) is 0 Å². The van der Waals surface area contributed by atoms with E-state index in [0.717, 1.165) is 6.42 Å². The van der Waals surface area contributed by atoms with Crippen LogP contribution < -0.4 is 0 Å². The smallest absolute Gasteiger partial charge is 0.0785 e. The van der Waals surface area contributed by atoms with Gasteiger partial charge in [-0.15, -0.1) is 6.58 Å². The summed E-state index contributed by atoms with van der Waals surface area (Å²) in [6, 6.07) is 0. The Kier molecular flexibility index (Phi) is 6.09. The van der Waals surface area contributed by atoms with Gasteiger partial charge in [-0.1, -0.05) is 19.4 Å². The molecule has 0 aliphatic heterocycles. The molecule has 0 radical (unpaired) electrons. The molecule has 0 saturated carbocycles. The van der Waals surface area contributed by atoms with E-state index in [-0.39, 0.29) is 0 Å². The Hall–Kier alpha value is -0.300. The summed E-state index contributed by atoms with van der Waals surface area (Å²) in [6.07, 6.45) is 7.11. The molecular weight excluding hydrogens is 146 g/mol. The van der Waals surface area contributed by atoms with E-state index in [1.807, 2.05) is 6.08 Å². The summed E-state index contributed by atoms with van der Waals surface area (Å²) in [7, 11) is 4.64. The van der Waals surface area contributed by atoms with E-state index in [1.165, 1.54) is 36.8 Å². The number of quaternary nitrogens is 1. The molecule has 1 heteroatoms. The van der Waals surface area contributed by atoms with Crippen LogP contribution in [0.15, 0.2) is 12.7 Å². The molecule has 0 aliphatic rings. The summed E-state index contributed by atoms with van der Waals surface area (Å²) in [5.41, 5.74) is 0. The fourth-order valence-electron chi connectivity index (χ4n) is 1.36. The zero-order chi connectivity index (χ0) is 9.45. The van der Waals surface area contributed by atoms with Gasteiger partial charge in [0.05, 0.1) is 27.2 Å². The fraction of sp³-hybridized carbons (Fsp3) is 0.818. The standard InChI is InChI=1S/C11H24N/c1-5-7-9-11-12(3,4)10-8-6-2/h5H,1,6-11H2,2-4H3/q+1. The molecule has 12 heavy (non-hydrogen) atoms. The predicted octanol–water partition coefficient (Wildman–Crippen LogP) is 2.83. The highest BCUT2D eigenvalue weighted by atomic mass is 15.3. The van der Waals surface area contributed by atoms with Gasteiger partial charge in [-0.3, -0.25) is 0 Å². The first-order chi connectivity index (χ1) is 5.62. The minimum Gasteiger partial charge on any atom is -0.328 e. The van der Waals surface area contributed by atoms with Crippen LogP contribution >= 0.6 is 0 Å². The van der Waals surface area contributed by atoms with Gasteiger partial charge in [0, 0.05) is 0 Å². The number of hydrogen-bond acceptors (Lipinski definition) is 0. The lowest BCUT2D eigenvalue weighted by molar-refractivity contribution is -0.890. The highest BCUT2D eigenvalue weighted by Gasteiger charge is 2.12. The van der Waals surface area contributed by atoms with Crippen molar-refractivity contribution in [3.63, 3.8) is 0 Å². The number of rotatable bonds is 7. The zero-order valence-electron chi connectivity index (χ0n) is 8.97. The van der Waals surface area contributed by atoms with Gasteiger partial charge in [0.1, 0.15) is 0 Å². The Bertz CT molecular complexity index is 116. The Morgan fingerprint density at radius 3 is 2.25 bits per heavy atom. The molecule has 72 valence electrons. The minimum absolute atomic E-state index is 1.16. The lowest BCUT2D eigenvalue weighted by Gasteiger charge is -2.29. The van der Waals surface area contributed by atoms with Crippen LogP contribution in [0.3, 0.4) is 0 Å². The van der Waals surface area contributed by atoms with Gasteiger partial charge in [0.2, 0.25) is 0 Å². The van der Waals surface area contributed by atoms with Crippen LogP contribution in [-0.4, -0.2) is 31.7 Å². The highest BCUT2D eigenvalue weighted by Crippen LogP contribution is 2.04. The summed E-state index contributed by atoms with van der Waals surface area (Å²) < 4.78 is 1.17. The van der Waals surface area contributed by atoms with Gasteiger partial charge < -0.3 is 4.48 Å². The monoisotopic (exact) mass is 170 g/mol. The van der Waals surface area contributed by atoms with E-state index in [2.05, 4.69) is 27.6 Å². The first kappa shape index (κ1) is 11.7. The molecule has 0 atom stereocenters. The maximum atomic E-state index is 3.74. The van der Waals surface area contributed by atoms with Gasteiger partial charge in [-0.2, -0.15) is 0 Å². The van der Waals surface area contributed by atoms with Gasteiger partial charge in [-0.05, 0) is 19.3 Å². The van der Waals surface area contributed by atoms with E-state index < -0.39 is 0 Å². The number of allylic oxidation sites excluding steroid dienone is 1. The molecule has 0 aromatic carbocycles. The van der Waals surface area contributed by atoms with Crippen molar-refractivity contribution >= 4 is 0 Å². The molecule has 0 N–H and O–H groups in total. The third-order valence-corrected chi connectivity index (χ3v) is 2.29. The average molecular weight is 170 g/mol. The van der Waals surface area contributed by atoms with Crippen LogP contribution in [0.25, 0.3) is 0 Å². The first-order valence-electron chi connectivity index (χ1n) is 5.05. The second kappa shape index (κ2) is 6.24. The van der Waals surface area contributed by atoms with Gasteiger partial charge in [0.25, 0.3) is 0 Å². The van der Waals surface area contributed by atoms with Crippen LogP contribution in [0.4, 0.5) is 0 Å². The molecule has 1 nitrogen and oxygen atoms in total. The van der Waals surface area contributed by atoms with E-state index in [9.17, 15) is 0 Å². The highest BCUT2D eigenvalue weighted by molar-refractivity contribution is 4.65. The van der Waals surface area contributed by atoms with Crippen molar-refractivity contribution < 1.29 is 4.48 Å². The first-order valence-corrected chi connectivity index (χ1v) is 5.05. The summed E-state index contributed by atoms with van der Waals surface area (Å²) in [6.45, 7) is 8.59. The average Bonchev–Trinajstić information content (AvgIpc) is 2.01. The van der Waals surface area contributed by atoms with Crippen molar-refractivity contribution in [2.45, 2.75) is 32.6 Å². The quantitative estimate of drug-likeness (QED) is 0.313. The predicted molar refractivity (Wildman–Crippen MR) is 56.2 cm³/mol. The third-order valence-electron chi connectivity index (χ3n) is 2.29. The molecule has 0 unspecified atom stereocenters. The van der Waals surface area contributed by atoms with Crippen LogP contribution in [0, 0.1) is 0 Å². The molecule has 0 saturated heterocycles. The number of unbranched alkanes of at least 4 members (excludes halogenated alkanes) is 2. The van der Waals surface area contributed by atoms with Crippen LogP contribution in [0.2, 0.25) is 0 Å². The third kappa shape index (κ3) is 6.41. The van der Waals surface area contributed by atoms with Crippen molar-refractivity contribution in [3.8, 4) is 0 Å². The maximum absolute atomic E-state index is 3.74. The summed E-state index contributed by atoms with van der Waals surface area (Å²) in [5.74, 6) is 0. The van der Waals surface area contributed by atoms with E-state index >= 15 is 0 Å². The molecule has 0 heterocycles. The molecule has 0 spiro atoms. The van der Waals surface area contributed by atoms with Crippen molar-refractivity contribution in [2.75, 3.05) is 27.2 Å². The molecule has 0 amide bonds. The Morgan fingerprint density at radius 2 is 1.75 bits per heavy atom. The zero-order valence-corrected chi connectivity index (χ0v) is 8.97. The number of nitrogens with zero attached hydrogens (tertiary/aromatic N) is 1. The Morgan fingerprint density at radius 1 is 1.17 bits per heavy atom. The summed E-state index contributed by atoms with van der Waals surface area (Å²) >= 11 is 0. The Labute approximate surface area is 77.7 Å². The molecule has 0 aromatic heterocycles. The molecule has 0 rings (SSSR count). The molecule has 0 bridgehead atoms. The molecule has 0 fully saturated rings. The lowest BCUT2D eigenvalue weighted by atomic mass is 10.2. The van der Waals surface area contributed by atoms with Crippen LogP contribution in [-0.2, 0) is 0 Å². The SMILES string of the molecule is C=CCCC[N+](C)(C)CCCC. The van der Waals surface area contributed by atoms with E-state index in [0.29, 0.717) is 0 Å². The van der Waals surface area contributed by atoms with Gasteiger partial charge in [-0.25, -0.2) is 0 Å². The van der Waals surface area contributed by atoms with Crippen molar-refractivity contribution in [2.24, 2.45) is 0 Å². The van der Waals surface area contributed by atoms with Crippen LogP contribution in [0.5, 0.6) is 0 Å². The van der Waals surface area contributed by atoms with Crippen molar-refractivity contribution in [1.29, 1.82) is 0 Å². The van der Waals surface area contributed by atoms with Crippen molar-refractivity contribution in [3.05, 3.63) is 12.7 Å². The molecular formula is C11H24N+. The van der Waals surface area contributed by atoms with Gasteiger partial charge in [0.15, 0.2) is 0 Å². The lowest BCUT2D eigenvalue weighted by Crippen LogP contribution is -2.41. The summed E-state index contributed by atoms with van der Waals surface area (Å²) in [4.78, 5) is 0. The van der Waals surface area contributed by atoms with E-state index in [1.54, 1.807) is 0 Å². The molecule has 0 aliphatic carbocycles. The second-order valence-corrected chi connectivity index (χ2v) is 4.17. The van der Waals surface area contributed by atoms with Gasteiger partial charge >= 0.3 is 0 Å². The Balaban J connectivity index is 3.48. The summed E-state index contributed by atoms with van der Waals surface area (Å²) in [5, 5.41) is 0. The van der Waals surface area contributed by atoms with Crippen LogP contribution in [0.1, 0.15) is 32.6 Å². The number of hydrogen-bond donors (Lipinski definition) is 0. The molecule has 0 aromatic rings. The minimum atomic E-state index is 1.16. The van der Waals surface area contributed by atoms with Crippen molar-refractivity contribution in [1.82, 2.24) is 0 Å². The fourth-order valence-corrected chi connectivity index (χ4v) is 1.36. The largest absolute Gasteiger partial charge is 0.328 e. The normalized spacial score (nSPS) is 11.6. The topological polar surface area (TPSA) is 0 Å². The maximum Gasteiger partial charge on any atom is 0.0785 e.